The molecule has 0 spiro atoms. The van der Waals surface area contributed by atoms with Crippen LogP contribution in [0.3, 0.4) is 0 Å². The van der Waals surface area contributed by atoms with Gasteiger partial charge in [-0.3, -0.25) is 0 Å². The fourth-order valence-corrected chi connectivity index (χ4v) is 6.68. The van der Waals surface area contributed by atoms with E-state index in [0.29, 0.717) is 11.3 Å². The zero-order valence-electron chi connectivity index (χ0n) is 10.3. The van der Waals surface area contributed by atoms with Crippen LogP contribution in [-0.4, -0.2) is 45.5 Å². The number of rotatable bonds is 2. The summed E-state index contributed by atoms with van der Waals surface area (Å²) < 4.78 is 3.17. The zero-order chi connectivity index (χ0) is 14.4. The Morgan fingerprint density at radius 2 is 1.33 bits per heavy atom. The number of nitrogens with zero attached hydrogens (tertiary/aromatic N) is 8. The number of H-pyrrole nitrogens is 2. The molecule has 4 aromatic rings. The van der Waals surface area contributed by atoms with E-state index in [1.807, 2.05) is 0 Å². The average Bonchev–Trinajstić information content (AvgIpc) is 3.07. The predicted molar refractivity (Wildman–Crippen MR) is 62.7 cm³/mol. The van der Waals surface area contributed by atoms with Crippen LogP contribution in [0.4, 0.5) is 0 Å². The van der Waals surface area contributed by atoms with Gasteiger partial charge in [-0.2, -0.15) is 0 Å². The van der Waals surface area contributed by atoms with E-state index in [1.165, 1.54) is 12.7 Å². The fraction of sp³-hybridized carbons (Fsp3) is 0. The van der Waals surface area contributed by atoms with Crippen molar-refractivity contribution in [2.24, 2.45) is 0 Å². The van der Waals surface area contributed by atoms with E-state index in [1.54, 1.807) is 4.89 Å². The Morgan fingerprint density at radius 1 is 0.857 bits per heavy atom. The van der Waals surface area contributed by atoms with Crippen molar-refractivity contribution in [3.05, 3.63) is 33.4 Å². The molecule has 13 heteroatoms. The van der Waals surface area contributed by atoms with Gasteiger partial charge in [0.15, 0.2) is 0 Å². The Balaban J connectivity index is 1.87. The molecule has 0 atom stereocenters. The third-order valence-corrected chi connectivity index (χ3v) is 8.28. The van der Waals surface area contributed by atoms with E-state index in [4.69, 9.17) is 0 Å². The van der Waals surface area contributed by atoms with Crippen molar-refractivity contribution < 1.29 is 25.2 Å². The van der Waals surface area contributed by atoms with Crippen molar-refractivity contribution in [3.8, 4) is 0 Å². The first kappa shape index (κ1) is 12.3. The topological polar surface area (TPSA) is 153 Å². The molecule has 0 saturated heterocycles. The monoisotopic (exact) mass is 474 g/mol. The van der Waals surface area contributed by atoms with Crippen LogP contribution in [0.5, 0.6) is 0 Å². The van der Waals surface area contributed by atoms with Crippen LogP contribution in [0.2, 0.25) is 0 Å². The van der Waals surface area contributed by atoms with Gasteiger partial charge in [0.1, 0.15) is 0 Å². The standard InChI is InChI=1S/2C4H3N5O.Hg/c2*10-4-2-3(5-1-6-4)8-9-7-2;/h2*1H,(H2,5,6,7,8,9,10);/q;;+2/p-2. The summed E-state index contributed by atoms with van der Waals surface area (Å²) in [5.41, 5.74) is 0.443. The van der Waals surface area contributed by atoms with Gasteiger partial charge in [-0.1, -0.05) is 0 Å². The van der Waals surface area contributed by atoms with Crippen molar-refractivity contribution in [1.29, 1.82) is 0 Å². The molecule has 4 aromatic heterocycles. The number of nitrogens with one attached hydrogen (secondary N) is 2. The Morgan fingerprint density at radius 3 is 1.81 bits per heavy atom. The number of hydrogen-bond donors (Lipinski definition) is 2. The van der Waals surface area contributed by atoms with Gasteiger partial charge in [-0.15, -0.1) is 0 Å². The second-order valence-corrected chi connectivity index (χ2v) is 9.88. The second kappa shape index (κ2) is 4.51. The summed E-state index contributed by atoms with van der Waals surface area (Å²) in [5, 5.41) is 15.5. The quantitative estimate of drug-likeness (QED) is 0.308. The van der Waals surface area contributed by atoms with Gasteiger partial charge in [0.2, 0.25) is 0 Å². The summed E-state index contributed by atoms with van der Waals surface area (Å²) >= 11 is -2.23. The molecule has 0 amide bonds. The number of hydrogen-bond acceptors (Lipinski definition) is 8. The van der Waals surface area contributed by atoms with Gasteiger partial charge >= 0.3 is 126 Å². The van der Waals surface area contributed by atoms with Crippen LogP contribution in [-0.2, 0) is 25.2 Å². The van der Waals surface area contributed by atoms with Gasteiger partial charge in [-0.25, -0.2) is 0 Å². The summed E-state index contributed by atoms with van der Waals surface area (Å²) in [4.78, 5) is 36.1. The Hall–Kier alpha value is -2.50. The molecule has 0 fully saturated rings. The molecule has 0 aliphatic carbocycles. The summed E-state index contributed by atoms with van der Waals surface area (Å²) in [6.07, 6.45) is 2.58. The van der Waals surface area contributed by atoms with Crippen LogP contribution < -0.4 is 11.1 Å². The third kappa shape index (κ3) is 1.86. The number of aromatic nitrogens is 10. The summed E-state index contributed by atoms with van der Waals surface area (Å²) in [5.74, 6) is 0. The van der Waals surface area contributed by atoms with Crippen LogP contribution in [0.15, 0.2) is 22.2 Å². The Bertz CT molecular complexity index is 988. The molecule has 2 N–H and O–H groups in total. The molecule has 0 saturated carbocycles. The van der Waals surface area contributed by atoms with Crippen molar-refractivity contribution in [2.45, 2.75) is 0 Å². The molecule has 21 heavy (non-hydrogen) atoms. The van der Waals surface area contributed by atoms with E-state index in [0.717, 1.165) is 0 Å². The molecule has 0 radical (unpaired) electrons. The first-order valence-corrected chi connectivity index (χ1v) is 10.7. The minimum absolute atomic E-state index is 0.174. The molecule has 12 nitrogen and oxygen atoms in total. The molecule has 0 aliphatic rings. The summed E-state index contributed by atoms with van der Waals surface area (Å²) in [6, 6.07) is 0. The molecule has 0 bridgehead atoms. The normalized spacial score (nSPS) is 11.0. The fourth-order valence-electron chi connectivity index (χ4n) is 1.92. The Labute approximate surface area is 126 Å². The van der Waals surface area contributed by atoms with Gasteiger partial charge < -0.3 is 0 Å². The minimum atomic E-state index is -2.23. The van der Waals surface area contributed by atoms with E-state index in [2.05, 4.69) is 40.6 Å². The van der Waals surface area contributed by atoms with Gasteiger partial charge in [0.25, 0.3) is 0 Å². The van der Waals surface area contributed by atoms with Crippen molar-refractivity contribution in [1.82, 2.24) is 45.5 Å². The van der Waals surface area contributed by atoms with Crippen molar-refractivity contribution in [2.75, 3.05) is 0 Å². The first-order valence-electron chi connectivity index (χ1n) is 5.78. The van der Waals surface area contributed by atoms with Crippen LogP contribution >= 0.6 is 0 Å². The molecule has 0 unspecified atom stereocenters. The maximum atomic E-state index is 11.6. The van der Waals surface area contributed by atoms with Crippen LogP contribution in [0.1, 0.15) is 0 Å². The Kier molecular flexibility index (Phi) is 2.63. The SMILES string of the molecule is O=c1[nH]cnc2c1nn[n]2[Hg][n]1nnc2c(=O)[nH]cnc21. The van der Waals surface area contributed by atoms with Crippen molar-refractivity contribution >= 4 is 22.3 Å². The molecular formula is C8H4HgN10O2. The number of aromatic amines is 2. The second-order valence-electron chi connectivity index (χ2n) is 4.13. The van der Waals surface area contributed by atoms with E-state index < -0.39 is 25.2 Å². The van der Waals surface area contributed by atoms with Gasteiger partial charge in [-0.05, 0) is 0 Å². The first-order chi connectivity index (χ1) is 10.2. The van der Waals surface area contributed by atoms with E-state index in [-0.39, 0.29) is 22.2 Å². The van der Waals surface area contributed by atoms with Crippen LogP contribution in [0, 0.1) is 0 Å². The third-order valence-electron chi connectivity index (χ3n) is 2.88. The van der Waals surface area contributed by atoms with Gasteiger partial charge in [0.05, 0.1) is 0 Å². The summed E-state index contributed by atoms with van der Waals surface area (Å²) in [6.45, 7) is 0. The van der Waals surface area contributed by atoms with Crippen molar-refractivity contribution in [3.63, 3.8) is 0 Å². The number of fused-ring (bicyclic) bond motifs is 2. The molecule has 4 heterocycles. The maximum absolute atomic E-state index is 11.6. The average molecular weight is 473 g/mol. The van der Waals surface area contributed by atoms with Gasteiger partial charge in [0, 0.05) is 0 Å². The van der Waals surface area contributed by atoms with Crippen LogP contribution in [0.25, 0.3) is 22.3 Å². The van der Waals surface area contributed by atoms with E-state index >= 15 is 0 Å². The molecule has 0 aliphatic heterocycles. The van der Waals surface area contributed by atoms with E-state index in [9.17, 15) is 9.59 Å². The molecule has 100 valence electrons. The molecule has 0 aromatic carbocycles. The zero-order valence-corrected chi connectivity index (χ0v) is 15.8. The summed E-state index contributed by atoms with van der Waals surface area (Å²) in [7, 11) is 0. The molecular weight excluding hydrogens is 469 g/mol. The predicted octanol–water partition coefficient (Wildman–Crippen LogP) is -2.35. The molecule has 4 rings (SSSR count).